The molecule has 0 aliphatic rings. The van der Waals surface area contributed by atoms with Crippen LogP contribution in [-0.2, 0) is 6.18 Å². The van der Waals surface area contributed by atoms with Gasteiger partial charge in [0.15, 0.2) is 0 Å². The zero-order chi connectivity index (χ0) is 17.3. The van der Waals surface area contributed by atoms with Gasteiger partial charge >= 0.3 is 6.18 Å². The second-order valence-corrected chi connectivity index (χ2v) is 5.01. The fourth-order valence-electron chi connectivity index (χ4n) is 2.44. The Labute approximate surface area is 134 Å². The molecule has 1 aromatic heterocycles. The third kappa shape index (κ3) is 2.88. The first-order valence-corrected chi connectivity index (χ1v) is 6.88. The number of halogens is 3. The Hall–Kier alpha value is -3.09. The molecule has 122 valence electrons. The van der Waals surface area contributed by atoms with Gasteiger partial charge in [-0.3, -0.25) is 4.79 Å². The van der Waals surface area contributed by atoms with E-state index >= 15 is 0 Å². The maximum absolute atomic E-state index is 13.2. The number of carbonyl (C=O) groups is 1. The standard InChI is InChI=1S/C17H11F3N2O2/c18-17(19,20)11-8-12(15(21)23)14(10-4-2-1-3-5-10)13(9-11)16-22-6-7-24-16/h1-9H,(H2,21,23). The number of nitrogens with two attached hydrogens (primary N) is 1. The SMILES string of the molecule is NC(=O)c1cc(C(F)(F)F)cc(-c2ncco2)c1-c1ccccc1. The molecule has 0 unspecified atom stereocenters. The van der Waals surface area contributed by atoms with Gasteiger partial charge in [0.05, 0.1) is 11.8 Å². The Balaban J connectivity index is 2.39. The molecular weight excluding hydrogens is 321 g/mol. The van der Waals surface area contributed by atoms with Gasteiger partial charge in [-0.25, -0.2) is 4.98 Å². The highest BCUT2D eigenvalue weighted by Crippen LogP contribution is 2.40. The van der Waals surface area contributed by atoms with Gasteiger partial charge in [-0.1, -0.05) is 30.3 Å². The molecule has 0 aliphatic carbocycles. The smallest absolute Gasteiger partial charge is 0.416 e. The highest BCUT2D eigenvalue weighted by Gasteiger charge is 2.34. The number of oxazole rings is 1. The second kappa shape index (κ2) is 5.84. The Bertz CT molecular complexity index is 873. The summed E-state index contributed by atoms with van der Waals surface area (Å²) in [5, 5.41) is 0. The minimum Gasteiger partial charge on any atom is -0.445 e. The summed E-state index contributed by atoms with van der Waals surface area (Å²) < 4.78 is 44.7. The molecule has 4 nitrogen and oxygen atoms in total. The molecule has 1 amide bonds. The summed E-state index contributed by atoms with van der Waals surface area (Å²) in [4.78, 5) is 15.7. The Morgan fingerprint density at radius 3 is 2.38 bits per heavy atom. The maximum atomic E-state index is 13.2. The summed E-state index contributed by atoms with van der Waals surface area (Å²) in [5.41, 5.74) is 4.92. The molecule has 24 heavy (non-hydrogen) atoms. The van der Waals surface area contributed by atoms with Crippen LogP contribution in [0.3, 0.4) is 0 Å². The van der Waals surface area contributed by atoms with E-state index in [1.165, 1.54) is 12.5 Å². The Kier molecular flexibility index (Phi) is 3.84. The summed E-state index contributed by atoms with van der Waals surface area (Å²) in [6.07, 6.45) is -2.08. The van der Waals surface area contributed by atoms with Crippen molar-refractivity contribution in [3.05, 3.63) is 66.1 Å². The van der Waals surface area contributed by atoms with Crippen molar-refractivity contribution in [2.75, 3.05) is 0 Å². The molecule has 0 fully saturated rings. The maximum Gasteiger partial charge on any atom is 0.416 e. The average Bonchev–Trinajstić information content (AvgIpc) is 3.08. The van der Waals surface area contributed by atoms with E-state index < -0.39 is 17.6 Å². The van der Waals surface area contributed by atoms with Gasteiger partial charge in [-0.15, -0.1) is 0 Å². The van der Waals surface area contributed by atoms with Gasteiger partial charge in [0.25, 0.3) is 0 Å². The monoisotopic (exact) mass is 332 g/mol. The van der Waals surface area contributed by atoms with Crippen LogP contribution in [0.1, 0.15) is 15.9 Å². The van der Waals surface area contributed by atoms with Gasteiger partial charge in [-0.2, -0.15) is 13.2 Å². The molecule has 3 rings (SSSR count). The summed E-state index contributed by atoms with van der Waals surface area (Å²) in [6, 6.07) is 10.2. The fraction of sp³-hybridized carbons (Fsp3) is 0.0588. The first-order chi connectivity index (χ1) is 11.4. The van der Waals surface area contributed by atoms with Crippen LogP contribution >= 0.6 is 0 Å². The van der Waals surface area contributed by atoms with Gasteiger partial charge in [0.1, 0.15) is 6.26 Å². The van der Waals surface area contributed by atoms with E-state index in [0.29, 0.717) is 5.56 Å². The number of aromatic nitrogens is 1. The van der Waals surface area contributed by atoms with Crippen LogP contribution in [0.2, 0.25) is 0 Å². The number of nitrogens with zero attached hydrogens (tertiary/aromatic N) is 1. The third-order valence-electron chi connectivity index (χ3n) is 3.46. The molecule has 0 saturated carbocycles. The number of primary amides is 1. The van der Waals surface area contributed by atoms with Crippen LogP contribution in [0.4, 0.5) is 13.2 Å². The predicted octanol–water partition coefficient (Wildman–Crippen LogP) is 4.13. The van der Waals surface area contributed by atoms with Crippen molar-refractivity contribution in [3.63, 3.8) is 0 Å². The van der Waals surface area contributed by atoms with Crippen molar-refractivity contribution in [2.45, 2.75) is 6.18 Å². The number of hydrogen-bond donors (Lipinski definition) is 1. The van der Waals surface area contributed by atoms with E-state index in [1.54, 1.807) is 30.3 Å². The molecule has 0 spiro atoms. The largest absolute Gasteiger partial charge is 0.445 e. The van der Waals surface area contributed by atoms with E-state index in [-0.39, 0.29) is 22.6 Å². The number of rotatable bonds is 3. The van der Waals surface area contributed by atoms with Gasteiger partial charge < -0.3 is 10.2 Å². The van der Waals surface area contributed by atoms with E-state index in [0.717, 1.165) is 12.1 Å². The average molecular weight is 332 g/mol. The minimum absolute atomic E-state index is 0.0255. The summed E-state index contributed by atoms with van der Waals surface area (Å²) >= 11 is 0. The summed E-state index contributed by atoms with van der Waals surface area (Å²) in [7, 11) is 0. The molecule has 7 heteroatoms. The number of carbonyl (C=O) groups excluding carboxylic acids is 1. The van der Waals surface area contributed by atoms with Crippen molar-refractivity contribution in [1.82, 2.24) is 4.98 Å². The molecule has 2 N–H and O–H groups in total. The van der Waals surface area contributed by atoms with Crippen LogP contribution < -0.4 is 5.73 Å². The van der Waals surface area contributed by atoms with Crippen molar-refractivity contribution in [1.29, 1.82) is 0 Å². The van der Waals surface area contributed by atoms with Crippen LogP contribution in [0, 0.1) is 0 Å². The highest BCUT2D eigenvalue weighted by molar-refractivity contribution is 6.03. The molecule has 0 saturated heterocycles. The van der Waals surface area contributed by atoms with Gasteiger partial charge in [0.2, 0.25) is 11.8 Å². The van der Waals surface area contributed by atoms with Crippen molar-refractivity contribution in [3.8, 4) is 22.6 Å². The molecule has 0 atom stereocenters. The van der Waals surface area contributed by atoms with E-state index in [2.05, 4.69) is 4.98 Å². The topological polar surface area (TPSA) is 69.1 Å². The number of alkyl halides is 3. The highest BCUT2D eigenvalue weighted by atomic mass is 19.4. The number of benzene rings is 2. The van der Waals surface area contributed by atoms with Crippen LogP contribution in [0.5, 0.6) is 0 Å². The fourth-order valence-corrected chi connectivity index (χ4v) is 2.44. The molecule has 0 bridgehead atoms. The van der Waals surface area contributed by atoms with Crippen molar-refractivity contribution in [2.24, 2.45) is 5.73 Å². The summed E-state index contributed by atoms with van der Waals surface area (Å²) in [6.45, 7) is 0. The molecule has 1 heterocycles. The lowest BCUT2D eigenvalue weighted by Crippen LogP contribution is -2.16. The lowest BCUT2D eigenvalue weighted by Gasteiger charge is -2.16. The van der Waals surface area contributed by atoms with Crippen LogP contribution in [0.25, 0.3) is 22.6 Å². The van der Waals surface area contributed by atoms with Crippen molar-refractivity contribution >= 4 is 5.91 Å². The first-order valence-electron chi connectivity index (χ1n) is 6.88. The van der Waals surface area contributed by atoms with Crippen molar-refractivity contribution < 1.29 is 22.4 Å². The third-order valence-corrected chi connectivity index (χ3v) is 3.46. The lowest BCUT2D eigenvalue weighted by atomic mass is 9.91. The van der Waals surface area contributed by atoms with E-state index in [1.807, 2.05) is 0 Å². The Morgan fingerprint density at radius 2 is 1.83 bits per heavy atom. The molecule has 0 aliphatic heterocycles. The van der Waals surface area contributed by atoms with E-state index in [4.69, 9.17) is 10.2 Å². The second-order valence-electron chi connectivity index (χ2n) is 5.01. The quantitative estimate of drug-likeness (QED) is 0.784. The summed E-state index contributed by atoms with van der Waals surface area (Å²) in [5.74, 6) is -0.991. The molecule has 2 aromatic carbocycles. The lowest BCUT2D eigenvalue weighted by molar-refractivity contribution is -0.137. The van der Waals surface area contributed by atoms with Gasteiger partial charge in [-0.05, 0) is 17.7 Å². The molecular formula is C17H11F3N2O2. The predicted molar refractivity (Wildman–Crippen MR) is 80.9 cm³/mol. The molecule has 0 radical (unpaired) electrons. The number of amides is 1. The normalized spacial score (nSPS) is 11.5. The molecule has 3 aromatic rings. The van der Waals surface area contributed by atoms with Crippen LogP contribution in [0.15, 0.2) is 59.3 Å². The van der Waals surface area contributed by atoms with Crippen LogP contribution in [-0.4, -0.2) is 10.9 Å². The zero-order valence-corrected chi connectivity index (χ0v) is 12.2. The van der Waals surface area contributed by atoms with E-state index in [9.17, 15) is 18.0 Å². The van der Waals surface area contributed by atoms with Gasteiger partial charge in [0, 0.05) is 16.7 Å². The first kappa shape index (κ1) is 15.8. The Morgan fingerprint density at radius 1 is 1.12 bits per heavy atom. The zero-order valence-electron chi connectivity index (χ0n) is 12.2. The minimum atomic E-state index is -4.64. The number of hydrogen-bond acceptors (Lipinski definition) is 3.